The Balaban J connectivity index is 2.91. The summed E-state index contributed by atoms with van der Waals surface area (Å²) >= 11 is 3.34. The molecule has 0 unspecified atom stereocenters. The zero-order valence-electron chi connectivity index (χ0n) is 9.11. The van der Waals surface area contributed by atoms with Gasteiger partial charge in [0.25, 0.3) is 5.91 Å². The van der Waals surface area contributed by atoms with E-state index in [4.69, 9.17) is 5.26 Å². The van der Waals surface area contributed by atoms with Crippen LogP contribution >= 0.6 is 15.9 Å². The second kappa shape index (κ2) is 6.29. The molecule has 3 nitrogen and oxygen atoms in total. The number of nitrogens with zero attached hydrogens (tertiary/aromatic N) is 2. The summed E-state index contributed by atoms with van der Waals surface area (Å²) < 4.78 is 0.763. The Hall–Kier alpha value is -1.34. The molecule has 0 saturated heterocycles. The summed E-state index contributed by atoms with van der Waals surface area (Å²) in [5.41, 5.74) is 0.603. The molecule has 0 fully saturated rings. The molecular formula is C12H13BrN2O. The van der Waals surface area contributed by atoms with E-state index in [1.54, 1.807) is 11.0 Å². The molecule has 1 rings (SSSR count). The summed E-state index contributed by atoms with van der Waals surface area (Å²) in [7, 11) is 0. The molecule has 0 spiro atoms. The maximum atomic E-state index is 12.1. The van der Waals surface area contributed by atoms with Crippen molar-refractivity contribution >= 4 is 21.8 Å². The third kappa shape index (κ3) is 3.07. The normalized spacial score (nSPS) is 9.56. The van der Waals surface area contributed by atoms with Crippen LogP contribution in [-0.2, 0) is 0 Å². The highest BCUT2D eigenvalue weighted by Gasteiger charge is 2.16. The SMILES string of the molecule is CCCN(CC#N)C(=O)c1ccccc1Br. The first-order chi connectivity index (χ1) is 7.70. The third-order valence-electron chi connectivity index (χ3n) is 2.15. The van der Waals surface area contributed by atoms with Crippen LogP contribution in [0, 0.1) is 11.3 Å². The molecule has 0 aliphatic heterocycles. The van der Waals surface area contributed by atoms with Gasteiger partial charge in [-0.25, -0.2) is 0 Å². The molecule has 1 aromatic rings. The van der Waals surface area contributed by atoms with Crippen LogP contribution in [0.15, 0.2) is 28.7 Å². The van der Waals surface area contributed by atoms with Crippen molar-refractivity contribution in [2.24, 2.45) is 0 Å². The first kappa shape index (κ1) is 12.7. The summed E-state index contributed by atoms with van der Waals surface area (Å²) in [6.07, 6.45) is 0.845. The lowest BCUT2D eigenvalue weighted by Crippen LogP contribution is -2.32. The number of amides is 1. The smallest absolute Gasteiger partial charge is 0.255 e. The minimum Gasteiger partial charge on any atom is -0.325 e. The van der Waals surface area contributed by atoms with E-state index in [0.717, 1.165) is 10.9 Å². The van der Waals surface area contributed by atoms with Crippen LogP contribution in [0.3, 0.4) is 0 Å². The van der Waals surface area contributed by atoms with E-state index in [1.165, 1.54) is 0 Å². The van der Waals surface area contributed by atoms with Gasteiger partial charge in [0.1, 0.15) is 6.54 Å². The molecular weight excluding hydrogens is 268 g/mol. The molecule has 0 aliphatic rings. The first-order valence-electron chi connectivity index (χ1n) is 5.11. The van der Waals surface area contributed by atoms with Crippen LogP contribution in [0.5, 0.6) is 0 Å². The summed E-state index contributed by atoms with van der Waals surface area (Å²) in [6, 6.07) is 9.26. The fraction of sp³-hybridized carbons (Fsp3) is 0.333. The average Bonchev–Trinajstić information content (AvgIpc) is 2.28. The number of hydrogen-bond donors (Lipinski definition) is 0. The fourth-order valence-corrected chi connectivity index (χ4v) is 1.87. The van der Waals surface area contributed by atoms with Crippen molar-refractivity contribution in [1.82, 2.24) is 4.90 Å². The van der Waals surface area contributed by atoms with Gasteiger partial charge in [-0.1, -0.05) is 19.1 Å². The van der Waals surface area contributed by atoms with Gasteiger partial charge in [-0.2, -0.15) is 5.26 Å². The Morgan fingerprint density at radius 2 is 2.19 bits per heavy atom. The van der Waals surface area contributed by atoms with Crippen molar-refractivity contribution in [3.05, 3.63) is 34.3 Å². The molecule has 0 atom stereocenters. The molecule has 0 heterocycles. The van der Waals surface area contributed by atoms with Gasteiger partial charge in [-0.15, -0.1) is 0 Å². The third-order valence-corrected chi connectivity index (χ3v) is 2.84. The van der Waals surface area contributed by atoms with Gasteiger partial charge in [0.05, 0.1) is 11.6 Å². The van der Waals surface area contributed by atoms with E-state index in [1.807, 2.05) is 31.2 Å². The van der Waals surface area contributed by atoms with Crippen molar-refractivity contribution in [3.63, 3.8) is 0 Å². The Kier molecular flexibility index (Phi) is 5.00. The Bertz CT molecular complexity index is 412. The van der Waals surface area contributed by atoms with E-state index in [0.29, 0.717) is 12.1 Å². The average molecular weight is 281 g/mol. The topological polar surface area (TPSA) is 44.1 Å². The zero-order chi connectivity index (χ0) is 12.0. The molecule has 0 saturated carbocycles. The van der Waals surface area contributed by atoms with Gasteiger partial charge in [-0.3, -0.25) is 4.79 Å². The second-order valence-corrected chi connectivity index (χ2v) is 4.22. The van der Waals surface area contributed by atoms with Crippen LogP contribution in [0.1, 0.15) is 23.7 Å². The maximum Gasteiger partial charge on any atom is 0.255 e. The van der Waals surface area contributed by atoms with E-state index < -0.39 is 0 Å². The lowest BCUT2D eigenvalue weighted by molar-refractivity contribution is 0.0775. The highest BCUT2D eigenvalue weighted by atomic mass is 79.9. The molecule has 4 heteroatoms. The predicted molar refractivity (Wildman–Crippen MR) is 65.9 cm³/mol. The van der Waals surface area contributed by atoms with E-state index >= 15 is 0 Å². The maximum absolute atomic E-state index is 12.1. The Morgan fingerprint density at radius 1 is 1.50 bits per heavy atom. The lowest BCUT2D eigenvalue weighted by atomic mass is 10.2. The monoisotopic (exact) mass is 280 g/mol. The van der Waals surface area contributed by atoms with Gasteiger partial charge in [0, 0.05) is 11.0 Å². The van der Waals surface area contributed by atoms with Crippen molar-refractivity contribution in [1.29, 1.82) is 5.26 Å². The number of rotatable bonds is 4. The summed E-state index contributed by atoms with van der Waals surface area (Å²) in [4.78, 5) is 13.6. The quantitative estimate of drug-likeness (QED) is 0.796. The van der Waals surface area contributed by atoms with Crippen LogP contribution in [0.25, 0.3) is 0 Å². The first-order valence-corrected chi connectivity index (χ1v) is 5.90. The van der Waals surface area contributed by atoms with Crippen LogP contribution in [0.4, 0.5) is 0 Å². The van der Waals surface area contributed by atoms with Gasteiger partial charge >= 0.3 is 0 Å². The fourth-order valence-electron chi connectivity index (χ4n) is 1.41. The summed E-state index contributed by atoms with van der Waals surface area (Å²) in [6.45, 7) is 2.72. The molecule has 84 valence electrons. The van der Waals surface area contributed by atoms with Crippen molar-refractivity contribution in [2.75, 3.05) is 13.1 Å². The number of halogens is 1. The van der Waals surface area contributed by atoms with Gasteiger partial charge in [-0.05, 0) is 34.5 Å². The zero-order valence-corrected chi connectivity index (χ0v) is 10.7. The molecule has 0 N–H and O–H groups in total. The predicted octanol–water partition coefficient (Wildman–Crippen LogP) is 2.82. The van der Waals surface area contributed by atoms with Crippen LogP contribution in [0.2, 0.25) is 0 Å². The number of hydrogen-bond acceptors (Lipinski definition) is 2. The lowest BCUT2D eigenvalue weighted by Gasteiger charge is -2.19. The van der Waals surface area contributed by atoms with Crippen LogP contribution < -0.4 is 0 Å². The highest BCUT2D eigenvalue weighted by Crippen LogP contribution is 2.17. The molecule has 0 bridgehead atoms. The van der Waals surface area contributed by atoms with Crippen molar-refractivity contribution in [2.45, 2.75) is 13.3 Å². The minimum absolute atomic E-state index is 0.101. The highest BCUT2D eigenvalue weighted by molar-refractivity contribution is 9.10. The van der Waals surface area contributed by atoms with Gasteiger partial charge in [0.15, 0.2) is 0 Å². The summed E-state index contributed by atoms with van der Waals surface area (Å²) in [5.74, 6) is -0.101. The van der Waals surface area contributed by atoms with Crippen molar-refractivity contribution in [3.8, 4) is 6.07 Å². The van der Waals surface area contributed by atoms with E-state index in [9.17, 15) is 4.79 Å². The molecule has 0 aliphatic carbocycles. The Morgan fingerprint density at radius 3 is 2.75 bits per heavy atom. The Labute approximate surface area is 104 Å². The standard InChI is InChI=1S/C12H13BrN2O/c1-2-8-15(9-7-14)12(16)10-5-3-4-6-11(10)13/h3-6H,2,8-9H2,1H3. The number of carbonyl (C=O) groups excluding carboxylic acids is 1. The van der Waals surface area contributed by atoms with E-state index in [-0.39, 0.29) is 12.5 Å². The van der Waals surface area contributed by atoms with Crippen LogP contribution in [-0.4, -0.2) is 23.9 Å². The van der Waals surface area contributed by atoms with Gasteiger partial charge < -0.3 is 4.90 Å². The second-order valence-electron chi connectivity index (χ2n) is 3.36. The van der Waals surface area contributed by atoms with Crippen molar-refractivity contribution < 1.29 is 4.79 Å². The van der Waals surface area contributed by atoms with E-state index in [2.05, 4.69) is 15.9 Å². The van der Waals surface area contributed by atoms with Gasteiger partial charge in [0.2, 0.25) is 0 Å². The molecule has 0 radical (unpaired) electrons. The number of benzene rings is 1. The number of nitriles is 1. The largest absolute Gasteiger partial charge is 0.325 e. The molecule has 16 heavy (non-hydrogen) atoms. The molecule has 1 aromatic carbocycles. The molecule has 1 amide bonds. The summed E-state index contributed by atoms with van der Waals surface area (Å²) in [5, 5.41) is 8.67. The molecule has 0 aromatic heterocycles. The minimum atomic E-state index is -0.101. The number of carbonyl (C=O) groups is 1.